The van der Waals surface area contributed by atoms with Crippen LogP contribution in [0.1, 0.15) is 22.5 Å². The van der Waals surface area contributed by atoms with Crippen LogP contribution in [0, 0.1) is 0 Å². The highest BCUT2D eigenvalue weighted by Gasteiger charge is 2.31. The summed E-state index contributed by atoms with van der Waals surface area (Å²) in [6.07, 6.45) is 9.24. The molecule has 18 heavy (non-hydrogen) atoms. The molecule has 1 aliphatic carbocycles. The molecule has 4 rings (SSSR count). The molecular weight excluding hydrogens is 224 g/mol. The number of hydrazine groups is 1. The van der Waals surface area contributed by atoms with Gasteiger partial charge in [0, 0.05) is 24.3 Å². The molecule has 0 unspecified atom stereocenters. The van der Waals surface area contributed by atoms with Crippen LogP contribution in [0.2, 0.25) is 0 Å². The van der Waals surface area contributed by atoms with E-state index < -0.39 is 0 Å². The van der Waals surface area contributed by atoms with Gasteiger partial charge in [-0.2, -0.15) is 0 Å². The summed E-state index contributed by atoms with van der Waals surface area (Å²) in [7, 11) is 0. The summed E-state index contributed by atoms with van der Waals surface area (Å²) < 4.78 is 2.35. The average Bonchev–Trinajstić information content (AvgIpc) is 2.57. The summed E-state index contributed by atoms with van der Waals surface area (Å²) in [5.41, 5.74) is 8.35. The Morgan fingerprint density at radius 3 is 3.22 bits per heavy atom. The Morgan fingerprint density at radius 1 is 1.33 bits per heavy atom. The molecule has 4 heteroatoms. The standard InChI is InChI=1S/C14H14N4/c15-18-9-8-17-12-5-3-1-2-4-10(12)11-6-7-16-14(18)13(11)17/h1,3-5H,6-9,15H2. The van der Waals surface area contributed by atoms with E-state index in [1.807, 2.05) is 12.2 Å². The molecule has 0 saturated carbocycles. The maximum atomic E-state index is 6.04. The summed E-state index contributed by atoms with van der Waals surface area (Å²) >= 11 is 0. The van der Waals surface area contributed by atoms with Crippen molar-refractivity contribution in [2.24, 2.45) is 10.8 Å². The van der Waals surface area contributed by atoms with Gasteiger partial charge in [0.1, 0.15) is 0 Å². The molecule has 3 aliphatic rings. The Hall–Kier alpha value is -2.03. The van der Waals surface area contributed by atoms with Crippen LogP contribution in [0.3, 0.4) is 0 Å². The number of allylic oxidation sites excluding steroid dienone is 2. The van der Waals surface area contributed by atoms with E-state index in [4.69, 9.17) is 5.84 Å². The van der Waals surface area contributed by atoms with Crippen LogP contribution in [-0.2, 0) is 13.0 Å². The van der Waals surface area contributed by atoms with Crippen LogP contribution >= 0.6 is 0 Å². The molecule has 0 saturated heterocycles. The topological polar surface area (TPSA) is 46.5 Å². The number of amidine groups is 1. The third-order valence-electron chi connectivity index (χ3n) is 3.79. The zero-order valence-corrected chi connectivity index (χ0v) is 10.1. The van der Waals surface area contributed by atoms with E-state index in [1.54, 1.807) is 5.01 Å². The van der Waals surface area contributed by atoms with Crippen molar-refractivity contribution in [3.05, 3.63) is 40.4 Å². The molecule has 0 fully saturated rings. The number of hydrogen-bond donors (Lipinski definition) is 1. The van der Waals surface area contributed by atoms with Crippen molar-refractivity contribution in [2.75, 3.05) is 13.1 Å². The Morgan fingerprint density at radius 2 is 2.28 bits per heavy atom. The van der Waals surface area contributed by atoms with Crippen molar-refractivity contribution in [1.82, 2.24) is 9.58 Å². The molecular formula is C14H14N4. The summed E-state index contributed by atoms with van der Waals surface area (Å²) in [6.45, 7) is 2.57. The van der Waals surface area contributed by atoms with Crippen LogP contribution in [0.4, 0.5) is 0 Å². The number of nitrogens with zero attached hydrogens (tertiary/aromatic N) is 3. The first-order chi connectivity index (χ1) is 8.86. The molecule has 2 N–H and O–H groups in total. The number of fused-ring (bicyclic) bond motifs is 3. The number of hydrogen-bond acceptors (Lipinski definition) is 3. The SMILES string of the molecule is NN1CCn2c3c(c4c2C1=NCC4)C=C=CC=C3. The van der Waals surface area contributed by atoms with Gasteiger partial charge in [-0.15, -0.1) is 5.73 Å². The summed E-state index contributed by atoms with van der Waals surface area (Å²) in [5, 5.41) is 1.78. The lowest BCUT2D eigenvalue weighted by molar-refractivity contribution is 0.382. The number of rotatable bonds is 0. The molecule has 0 radical (unpaired) electrons. The fourth-order valence-electron chi connectivity index (χ4n) is 3.01. The quantitative estimate of drug-likeness (QED) is 0.545. The first-order valence-corrected chi connectivity index (χ1v) is 6.28. The van der Waals surface area contributed by atoms with E-state index in [2.05, 4.69) is 27.4 Å². The second kappa shape index (κ2) is 3.48. The van der Waals surface area contributed by atoms with E-state index in [-0.39, 0.29) is 0 Å². The molecule has 0 bridgehead atoms. The van der Waals surface area contributed by atoms with E-state index in [0.717, 1.165) is 31.9 Å². The molecule has 0 aromatic carbocycles. The minimum absolute atomic E-state index is 0.817. The molecule has 1 aromatic rings. The van der Waals surface area contributed by atoms with Gasteiger partial charge < -0.3 is 4.57 Å². The van der Waals surface area contributed by atoms with Gasteiger partial charge in [-0.25, -0.2) is 5.84 Å². The maximum Gasteiger partial charge on any atom is 0.162 e. The minimum atomic E-state index is 0.817. The monoisotopic (exact) mass is 238 g/mol. The predicted molar refractivity (Wildman–Crippen MR) is 72.0 cm³/mol. The van der Waals surface area contributed by atoms with Gasteiger partial charge >= 0.3 is 0 Å². The van der Waals surface area contributed by atoms with Gasteiger partial charge in [-0.1, -0.05) is 6.08 Å². The highest BCUT2D eigenvalue weighted by atomic mass is 15.5. The van der Waals surface area contributed by atoms with E-state index in [0.29, 0.717) is 0 Å². The third kappa shape index (κ3) is 1.16. The average molecular weight is 238 g/mol. The molecule has 3 heterocycles. The Balaban J connectivity index is 2.07. The molecule has 2 aliphatic heterocycles. The normalized spacial score (nSPS) is 19.4. The van der Waals surface area contributed by atoms with Crippen molar-refractivity contribution < 1.29 is 0 Å². The summed E-state index contributed by atoms with van der Waals surface area (Å²) in [5.74, 6) is 6.98. The number of nitrogens with two attached hydrogens (primary N) is 1. The molecule has 0 atom stereocenters. The second-order valence-electron chi connectivity index (χ2n) is 4.76. The van der Waals surface area contributed by atoms with E-state index in [9.17, 15) is 0 Å². The molecule has 4 nitrogen and oxygen atoms in total. The Kier molecular flexibility index (Phi) is 1.92. The molecule has 90 valence electrons. The Labute approximate surface area is 105 Å². The second-order valence-corrected chi connectivity index (χ2v) is 4.76. The molecule has 1 aromatic heterocycles. The zero-order chi connectivity index (χ0) is 12.1. The van der Waals surface area contributed by atoms with Crippen molar-refractivity contribution in [3.8, 4) is 0 Å². The largest absolute Gasteiger partial charge is 0.336 e. The minimum Gasteiger partial charge on any atom is -0.336 e. The van der Waals surface area contributed by atoms with Crippen LogP contribution < -0.4 is 5.84 Å². The fraction of sp³-hybridized carbons (Fsp3) is 0.286. The van der Waals surface area contributed by atoms with Crippen LogP contribution in [0.5, 0.6) is 0 Å². The van der Waals surface area contributed by atoms with E-state index in [1.165, 1.54) is 22.5 Å². The van der Waals surface area contributed by atoms with E-state index >= 15 is 0 Å². The highest BCUT2D eigenvalue weighted by molar-refractivity contribution is 6.01. The van der Waals surface area contributed by atoms with Crippen LogP contribution in [-0.4, -0.2) is 28.5 Å². The summed E-state index contributed by atoms with van der Waals surface area (Å²) in [4.78, 5) is 4.58. The number of aromatic nitrogens is 1. The smallest absolute Gasteiger partial charge is 0.162 e. The fourth-order valence-corrected chi connectivity index (χ4v) is 3.01. The molecule has 0 spiro atoms. The lowest BCUT2D eigenvalue weighted by Gasteiger charge is -2.30. The molecule has 0 amide bonds. The summed E-state index contributed by atoms with van der Waals surface area (Å²) in [6, 6.07) is 0. The third-order valence-corrected chi connectivity index (χ3v) is 3.79. The lowest BCUT2D eigenvalue weighted by Crippen LogP contribution is -2.46. The van der Waals surface area contributed by atoms with Gasteiger partial charge in [-0.3, -0.25) is 10.0 Å². The predicted octanol–water partition coefficient (Wildman–Crippen LogP) is 1.18. The zero-order valence-electron chi connectivity index (χ0n) is 10.1. The number of aliphatic imine (C=N–C) groups is 1. The Bertz CT molecular complexity index is 654. The lowest BCUT2D eigenvalue weighted by atomic mass is 10.0. The van der Waals surface area contributed by atoms with Crippen LogP contribution in [0.15, 0.2) is 22.9 Å². The maximum absolute atomic E-state index is 6.04. The van der Waals surface area contributed by atoms with Gasteiger partial charge in [0.2, 0.25) is 0 Å². The van der Waals surface area contributed by atoms with Gasteiger partial charge in [0.25, 0.3) is 0 Å². The first kappa shape index (κ1) is 9.95. The van der Waals surface area contributed by atoms with Crippen molar-refractivity contribution in [2.45, 2.75) is 13.0 Å². The van der Waals surface area contributed by atoms with Crippen molar-refractivity contribution in [1.29, 1.82) is 0 Å². The first-order valence-electron chi connectivity index (χ1n) is 6.28. The van der Waals surface area contributed by atoms with Gasteiger partial charge in [0.15, 0.2) is 5.84 Å². The van der Waals surface area contributed by atoms with Gasteiger partial charge in [0.05, 0.1) is 12.2 Å². The van der Waals surface area contributed by atoms with Crippen molar-refractivity contribution >= 4 is 18.0 Å². The van der Waals surface area contributed by atoms with Gasteiger partial charge in [-0.05, 0) is 30.2 Å². The van der Waals surface area contributed by atoms with Crippen LogP contribution in [0.25, 0.3) is 12.2 Å². The van der Waals surface area contributed by atoms with Crippen molar-refractivity contribution in [3.63, 3.8) is 0 Å². The highest BCUT2D eigenvalue weighted by Crippen LogP contribution is 2.32.